The van der Waals surface area contributed by atoms with Crippen molar-refractivity contribution >= 4 is 72.8 Å². The van der Waals surface area contributed by atoms with Crippen molar-refractivity contribution in [3.05, 3.63) is 154 Å². The molecular formula is C41H38Cl6Zr. The van der Waals surface area contributed by atoms with Crippen LogP contribution < -0.4 is 0 Å². The van der Waals surface area contributed by atoms with E-state index in [9.17, 15) is 0 Å². The summed E-state index contributed by atoms with van der Waals surface area (Å²) in [5, 5.41) is 0. The van der Waals surface area contributed by atoms with Crippen LogP contribution in [0, 0.1) is 0 Å². The number of fused-ring (bicyclic) bond motifs is 3. The minimum atomic E-state index is -3.04. The van der Waals surface area contributed by atoms with Crippen LogP contribution in [0.15, 0.2) is 109 Å². The number of hydrogen-bond donors (Lipinski definition) is 0. The van der Waals surface area contributed by atoms with Gasteiger partial charge in [0, 0.05) is 0 Å². The van der Waals surface area contributed by atoms with E-state index < -0.39 is 28.9 Å². The summed E-state index contributed by atoms with van der Waals surface area (Å²) in [5.41, 5.74) is 11.5. The number of hydrogen-bond acceptors (Lipinski definition) is 0. The first-order valence-corrected chi connectivity index (χ1v) is 22.4. The molecule has 0 nitrogen and oxygen atoms in total. The van der Waals surface area contributed by atoms with Crippen LogP contribution in [0.1, 0.15) is 89.7 Å². The van der Waals surface area contributed by atoms with Crippen molar-refractivity contribution in [3.63, 3.8) is 0 Å². The van der Waals surface area contributed by atoms with Crippen LogP contribution in [0.3, 0.4) is 0 Å². The second-order valence-corrected chi connectivity index (χ2v) is 25.9. The average Bonchev–Trinajstić information content (AvgIpc) is 3.64. The van der Waals surface area contributed by atoms with Gasteiger partial charge in [-0.05, 0) is 0 Å². The van der Waals surface area contributed by atoms with Gasteiger partial charge >= 0.3 is 326 Å². The van der Waals surface area contributed by atoms with Gasteiger partial charge in [-0.25, -0.2) is 0 Å². The van der Waals surface area contributed by atoms with Gasteiger partial charge in [0.25, 0.3) is 0 Å². The Kier molecular flexibility index (Phi) is 10.3. The molecule has 2 aliphatic rings. The second-order valence-electron chi connectivity index (χ2n) is 14.8. The molecule has 0 heterocycles. The fourth-order valence-corrected chi connectivity index (χ4v) is 16.9. The summed E-state index contributed by atoms with van der Waals surface area (Å²) in [4.78, 5) is 0. The van der Waals surface area contributed by atoms with E-state index in [0.29, 0.717) is 11.1 Å². The quantitative estimate of drug-likeness (QED) is 0.180. The fourth-order valence-electron chi connectivity index (χ4n) is 6.86. The summed E-state index contributed by atoms with van der Waals surface area (Å²) in [6.45, 7) is 13.7. The molecule has 0 fully saturated rings. The Hall–Kier alpha value is -1.15. The molecular weight excluding hydrogens is 796 g/mol. The molecule has 0 atom stereocenters. The predicted octanol–water partition coefficient (Wildman–Crippen LogP) is 13.8. The SMILES string of the molecule is CC(C)(C)c1ccc2c(c1)-c1cc(C(C)(C)C)ccc1[CH]2[Zr](=[C](c1cccc(C(Cl)(Cl)Cl)c1)c1cccc(C(Cl)(Cl)Cl)c1)[CH]1C=CC=C1. The second kappa shape index (κ2) is 13.4. The molecule has 4 aromatic rings. The Labute approximate surface area is 323 Å². The number of halogens is 6. The van der Waals surface area contributed by atoms with Crippen molar-refractivity contribution in [1.29, 1.82) is 0 Å². The molecule has 0 aliphatic heterocycles. The Morgan fingerprint density at radius 1 is 0.521 bits per heavy atom. The van der Waals surface area contributed by atoms with E-state index in [0.717, 1.165) is 11.1 Å². The van der Waals surface area contributed by atoms with Crippen molar-refractivity contribution < 1.29 is 21.3 Å². The molecule has 2 aliphatic carbocycles. The van der Waals surface area contributed by atoms with Gasteiger partial charge in [-0.1, -0.05) is 0 Å². The average molecular weight is 835 g/mol. The molecule has 6 rings (SSSR count). The van der Waals surface area contributed by atoms with Gasteiger partial charge in [-0.2, -0.15) is 0 Å². The van der Waals surface area contributed by atoms with Crippen molar-refractivity contribution in [2.45, 2.75) is 67.2 Å². The van der Waals surface area contributed by atoms with Gasteiger partial charge in [0.1, 0.15) is 0 Å². The summed E-state index contributed by atoms with van der Waals surface area (Å²) in [7, 11) is 0. The van der Waals surface area contributed by atoms with E-state index in [2.05, 4.69) is 114 Å². The molecule has 0 spiro atoms. The van der Waals surface area contributed by atoms with E-state index in [1.165, 1.54) is 36.6 Å². The zero-order valence-electron chi connectivity index (χ0n) is 27.8. The molecule has 0 amide bonds. The van der Waals surface area contributed by atoms with Crippen molar-refractivity contribution in [1.82, 2.24) is 0 Å². The summed E-state index contributed by atoms with van der Waals surface area (Å²) in [5.74, 6) is 0. The Balaban J connectivity index is 1.75. The maximum atomic E-state index is 6.50. The van der Waals surface area contributed by atoms with Crippen LogP contribution in [0.5, 0.6) is 0 Å². The van der Waals surface area contributed by atoms with Crippen molar-refractivity contribution in [3.8, 4) is 11.1 Å². The third kappa shape index (κ3) is 7.42. The zero-order valence-corrected chi connectivity index (χ0v) is 34.8. The number of allylic oxidation sites excluding steroid dienone is 4. The molecule has 48 heavy (non-hydrogen) atoms. The molecule has 0 N–H and O–H groups in total. The normalized spacial score (nSPS) is 15.2. The van der Waals surface area contributed by atoms with E-state index in [4.69, 9.17) is 69.6 Å². The predicted molar refractivity (Wildman–Crippen MR) is 208 cm³/mol. The third-order valence-corrected chi connectivity index (χ3v) is 19.3. The zero-order chi connectivity index (χ0) is 34.8. The molecule has 4 aromatic carbocycles. The van der Waals surface area contributed by atoms with Crippen LogP contribution in [-0.2, 0) is 39.7 Å². The first-order chi connectivity index (χ1) is 22.3. The molecule has 0 unspecified atom stereocenters. The molecule has 0 aromatic heterocycles. The first kappa shape index (κ1) is 36.6. The fraction of sp³-hybridized carbons (Fsp3) is 0.293. The van der Waals surface area contributed by atoms with E-state index in [1.807, 2.05) is 36.4 Å². The monoisotopic (exact) mass is 830 g/mol. The van der Waals surface area contributed by atoms with Crippen LogP contribution in [-0.4, -0.2) is 3.21 Å². The third-order valence-electron chi connectivity index (χ3n) is 9.41. The van der Waals surface area contributed by atoms with Crippen LogP contribution in [0.4, 0.5) is 0 Å². The number of rotatable bonds is 4. The van der Waals surface area contributed by atoms with E-state index >= 15 is 0 Å². The van der Waals surface area contributed by atoms with Gasteiger partial charge in [-0.3, -0.25) is 0 Å². The van der Waals surface area contributed by atoms with Gasteiger partial charge < -0.3 is 0 Å². The van der Waals surface area contributed by atoms with Gasteiger partial charge in [0.05, 0.1) is 0 Å². The van der Waals surface area contributed by atoms with Crippen molar-refractivity contribution in [2.75, 3.05) is 0 Å². The summed E-state index contributed by atoms with van der Waals surface area (Å²) < 4.78 is -1.38. The molecule has 248 valence electrons. The van der Waals surface area contributed by atoms with Crippen LogP contribution in [0.2, 0.25) is 3.63 Å². The summed E-state index contributed by atoms with van der Waals surface area (Å²) in [6, 6.07) is 30.4. The summed E-state index contributed by atoms with van der Waals surface area (Å²) in [6.07, 6.45) is 9.11. The van der Waals surface area contributed by atoms with Crippen LogP contribution in [0.25, 0.3) is 11.1 Å². The summed E-state index contributed by atoms with van der Waals surface area (Å²) >= 11 is 36.0. The van der Waals surface area contributed by atoms with E-state index in [-0.39, 0.29) is 18.1 Å². The van der Waals surface area contributed by atoms with Crippen molar-refractivity contribution in [2.24, 2.45) is 0 Å². The number of alkyl halides is 6. The Bertz CT molecular complexity index is 1840. The standard InChI is InChI=1S/C21H25.C15H8Cl6.C5H5.Zr/c1-20(2,3)16-9-7-14-11-15-8-10-17(21(4,5)6)13-19(15)18(14)12-16;16-14(17,18)12-5-1-3-10(8-12)7-11-4-2-6-13(9-11)15(19,20)21;1-2-4-5-3-1;/h7-13H,1-6H3;1-6,8-9H;1-5H;. The van der Waals surface area contributed by atoms with Crippen LogP contribution >= 0.6 is 69.6 Å². The topological polar surface area (TPSA) is 0 Å². The molecule has 0 radical (unpaired) electrons. The molecule has 0 bridgehead atoms. The molecule has 0 saturated heterocycles. The Morgan fingerprint density at radius 2 is 0.938 bits per heavy atom. The minimum absolute atomic E-state index is 0.0138. The first-order valence-electron chi connectivity index (χ1n) is 16.1. The maximum absolute atomic E-state index is 6.50. The Morgan fingerprint density at radius 3 is 1.31 bits per heavy atom. The molecule has 0 saturated carbocycles. The molecule has 7 heteroatoms. The number of benzene rings is 4. The van der Waals surface area contributed by atoms with E-state index in [1.54, 1.807) is 0 Å². The van der Waals surface area contributed by atoms with Gasteiger partial charge in [-0.15, -0.1) is 0 Å². The van der Waals surface area contributed by atoms with Gasteiger partial charge in [0.15, 0.2) is 0 Å². The van der Waals surface area contributed by atoms with Gasteiger partial charge in [0.2, 0.25) is 0 Å².